The molecule has 2 aromatic carbocycles. The predicted molar refractivity (Wildman–Crippen MR) is 87.4 cm³/mol. The van der Waals surface area contributed by atoms with Crippen LogP contribution in [0.25, 0.3) is 0 Å². The van der Waals surface area contributed by atoms with Crippen LogP contribution in [0.15, 0.2) is 54.6 Å². The molecule has 5 heteroatoms. The van der Waals surface area contributed by atoms with Gasteiger partial charge in [-0.05, 0) is 17.7 Å². The van der Waals surface area contributed by atoms with Crippen LogP contribution in [0.2, 0.25) is 0 Å². The summed E-state index contributed by atoms with van der Waals surface area (Å²) in [5.74, 6) is 1.30. The van der Waals surface area contributed by atoms with Gasteiger partial charge in [-0.15, -0.1) is 0 Å². The molecule has 2 atom stereocenters. The first-order valence-electron chi connectivity index (χ1n) is 7.59. The third-order valence-electron chi connectivity index (χ3n) is 3.85. The van der Waals surface area contributed by atoms with E-state index in [-0.39, 0.29) is 12.0 Å². The van der Waals surface area contributed by atoms with Crippen LogP contribution in [0.4, 0.5) is 0 Å². The maximum Gasteiger partial charge on any atom is 0.243 e. The minimum atomic E-state index is -0.669. The molecule has 1 aliphatic rings. The van der Waals surface area contributed by atoms with Gasteiger partial charge in [0.2, 0.25) is 5.91 Å². The molecule has 0 aliphatic carbocycles. The summed E-state index contributed by atoms with van der Waals surface area (Å²) in [7, 11) is 1.73. The number of para-hydroxylation sites is 2. The van der Waals surface area contributed by atoms with Crippen LogP contribution in [0.1, 0.15) is 11.6 Å². The van der Waals surface area contributed by atoms with Crippen LogP contribution < -0.4 is 15.2 Å². The van der Waals surface area contributed by atoms with Gasteiger partial charge >= 0.3 is 0 Å². The molecular formula is C18H20N2O3. The van der Waals surface area contributed by atoms with Crippen molar-refractivity contribution < 1.29 is 14.3 Å². The largest absolute Gasteiger partial charge is 0.486 e. The summed E-state index contributed by atoms with van der Waals surface area (Å²) in [5, 5.41) is 0. The molecule has 120 valence electrons. The number of likely N-dealkylation sites (N-methyl/N-ethyl adjacent to an activating group) is 1. The number of benzene rings is 2. The Morgan fingerprint density at radius 3 is 2.57 bits per heavy atom. The normalized spacial score (nSPS) is 17.4. The zero-order valence-corrected chi connectivity index (χ0v) is 13.0. The van der Waals surface area contributed by atoms with Crippen molar-refractivity contribution in [3.63, 3.8) is 0 Å². The fourth-order valence-electron chi connectivity index (χ4n) is 2.59. The lowest BCUT2D eigenvalue weighted by atomic mass is 10.1. The van der Waals surface area contributed by atoms with E-state index in [4.69, 9.17) is 15.2 Å². The molecule has 0 bridgehead atoms. The molecule has 2 aromatic rings. The van der Waals surface area contributed by atoms with E-state index in [1.54, 1.807) is 11.9 Å². The number of ether oxygens (including phenoxy) is 2. The molecule has 0 saturated heterocycles. The lowest BCUT2D eigenvalue weighted by molar-refractivity contribution is -0.132. The van der Waals surface area contributed by atoms with Gasteiger partial charge < -0.3 is 20.1 Å². The first kappa shape index (κ1) is 15.4. The number of rotatable bonds is 4. The molecule has 2 unspecified atom stereocenters. The zero-order valence-electron chi connectivity index (χ0n) is 13.0. The molecule has 23 heavy (non-hydrogen) atoms. The molecule has 0 fully saturated rings. The first-order chi connectivity index (χ1) is 11.1. The van der Waals surface area contributed by atoms with Crippen LogP contribution in [0.5, 0.6) is 11.5 Å². The Labute approximate surface area is 135 Å². The van der Waals surface area contributed by atoms with E-state index in [0.29, 0.717) is 18.9 Å². The second kappa shape index (κ2) is 6.71. The number of hydrogen-bond donors (Lipinski definition) is 1. The average molecular weight is 312 g/mol. The van der Waals surface area contributed by atoms with Gasteiger partial charge in [0.1, 0.15) is 12.6 Å². The lowest BCUT2D eigenvalue weighted by Gasteiger charge is -2.30. The fraction of sp³-hybridized carbons (Fsp3) is 0.278. The van der Waals surface area contributed by atoms with Gasteiger partial charge in [-0.1, -0.05) is 42.5 Å². The predicted octanol–water partition coefficient (Wildman–Crippen LogP) is 1.98. The second-order valence-electron chi connectivity index (χ2n) is 5.60. The molecule has 1 heterocycles. The standard InChI is InChI=1S/C18H20N2O3/c1-20(18(21)17(19)13-7-3-2-4-8-13)11-14-12-22-15-9-5-6-10-16(15)23-14/h2-10,14,17H,11-12,19H2,1H3. The van der Waals surface area contributed by atoms with Crippen LogP contribution in [-0.2, 0) is 4.79 Å². The topological polar surface area (TPSA) is 64.8 Å². The van der Waals surface area contributed by atoms with Gasteiger partial charge in [0.25, 0.3) is 0 Å². The van der Waals surface area contributed by atoms with Crippen LogP contribution in [0.3, 0.4) is 0 Å². The van der Waals surface area contributed by atoms with Crippen LogP contribution in [0, 0.1) is 0 Å². The summed E-state index contributed by atoms with van der Waals surface area (Å²) >= 11 is 0. The Bertz CT molecular complexity index is 675. The van der Waals surface area contributed by atoms with Crippen molar-refractivity contribution in [1.82, 2.24) is 4.90 Å². The number of carbonyl (C=O) groups is 1. The van der Waals surface area contributed by atoms with Crippen molar-refractivity contribution in [2.45, 2.75) is 12.1 Å². The SMILES string of the molecule is CN(CC1COc2ccccc2O1)C(=O)C(N)c1ccccc1. The summed E-state index contributed by atoms with van der Waals surface area (Å²) in [6, 6.07) is 16.2. The van der Waals surface area contributed by atoms with Gasteiger partial charge in [-0.2, -0.15) is 0 Å². The van der Waals surface area contributed by atoms with E-state index in [1.165, 1.54) is 0 Å². The van der Waals surface area contributed by atoms with E-state index in [0.717, 1.165) is 11.3 Å². The zero-order chi connectivity index (χ0) is 16.2. The number of hydrogen-bond acceptors (Lipinski definition) is 4. The Balaban J connectivity index is 1.61. The quantitative estimate of drug-likeness (QED) is 0.937. The first-order valence-corrected chi connectivity index (χ1v) is 7.59. The summed E-state index contributed by atoms with van der Waals surface area (Å²) in [6.07, 6.45) is -0.207. The smallest absolute Gasteiger partial charge is 0.243 e. The van der Waals surface area contributed by atoms with Crippen molar-refractivity contribution in [1.29, 1.82) is 0 Å². The van der Waals surface area contributed by atoms with Crippen molar-refractivity contribution in [2.24, 2.45) is 5.73 Å². The van der Waals surface area contributed by atoms with E-state index < -0.39 is 6.04 Å². The molecule has 5 nitrogen and oxygen atoms in total. The van der Waals surface area contributed by atoms with E-state index in [1.807, 2.05) is 54.6 Å². The Morgan fingerprint density at radius 1 is 1.17 bits per heavy atom. The number of nitrogens with two attached hydrogens (primary N) is 1. The Kier molecular flexibility index (Phi) is 4.48. The monoisotopic (exact) mass is 312 g/mol. The highest BCUT2D eigenvalue weighted by Crippen LogP contribution is 2.31. The van der Waals surface area contributed by atoms with Crippen LogP contribution >= 0.6 is 0 Å². The minimum Gasteiger partial charge on any atom is -0.486 e. The molecule has 1 aliphatic heterocycles. The fourth-order valence-corrected chi connectivity index (χ4v) is 2.59. The molecule has 0 aromatic heterocycles. The molecule has 0 radical (unpaired) electrons. The van der Waals surface area contributed by atoms with Crippen LogP contribution in [-0.4, -0.2) is 37.1 Å². The van der Waals surface area contributed by atoms with Gasteiger partial charge in [-0.25, -0.2) is 0 Å². The molecule has 2 N–H and O–H groups in total. The molecule has 0 saturated carbocycles. The van der Waals surface area contributed by atoms with Crippen molar-refractivity contribution in [3.8, 4) is 11.5 Å². The Morgan fingerprint density at radius 2 is 1.83 bits per heavy atom. The third-order valence-corrected chi connectivity index (χ3v) is 3.85. The van der Waals surface area contributed by atoms with Gasteiger partial charge in [0, 0.05) is 7.05 Å². The second-order valence-corrected chi connectivity index (χ2v) is 5.60. The Hall–Kier alpha value is -2.53. The summed E-state index contributed by atoms with van der Waals surface area (Å²) in [5.41, 5.74) is 6.86. The number of nitrogens with zero attached hydrogens (tertiary/aromatic N) is 1. The number of carbonyl (C=O) groups excluding carboxylic acids is 1. The highest BCUT2D eigenvalue weighted by Gasteiger charge is 2.26. The summed E-state index contributed by atoms with van der Waals surface area (Å²) in [6.45, 7) is 0.836. The van der Waals surface area contributed by atoms with Crippen molar-refractivity contribution in [3.05, 3.63) is 60.2 Å². The highest BCUT2D eigenvalue weighted by atomic mass is 16.6. The van der Waals surface area contributed by atoms with E-state index in [9.17, 15) is 4.79 Å². The maximum absolute atomic E-state index is 12.5. The van der Waals surface area contributed by atoms with Gasteiger partial charge in [0.15, 0.2) is 17.6 Å². The van der Waals surface area contributed by atoms with E-state index >= 15 is 0 Å². The number of amides is 1. The van der Waals surface area contributed by atoms with Crippen molar-refractivity contribution in [2.75, 3.05) is 20.2 Å². The van der Waals surface area contributed by atoms with Crippen molar-refractivity contribution >= 4 is 5.91 Å². The third kappa shape index (κ3) is 3.46. The maximum atomic E-state index is 12.5. The molecule has 1 amide bonds. The molecule has 0 spiro atoms. The van der Waals surface area contributed by atoms with Gasteiger partial charge in [0.05, 0.1) is 6.54 Å². The number of fused-ring (bicyclic) bond motifs is 1. The lowest BCUT2D eigenvalue weighted by Crippen LogP contribution is -2.44. The average Bonchev–Trinajstić information content (AvgIpc) is 2.61. The minimum absolute atomic E-state index is 0.140. The molecule has 3 rings (SSSR count). The summed E-state index contributed by atoms with van der Waals surface area (Å²) in [4.78, 5) is 14.1. The summed E-state index contributed by atoms with van der Waals surface area (Å²) < 4.78 is 11.5. The van der Waals surface area contributed by atoms with E-state index in [2.05, 4.69) is 0 Å². The molecular weight excluding hydrogens is 292 g/mol. The highest BCUT2D eigenvalue weighted by molar-refractivity contribution is 5.82. The van der Waals surface area contributed by atoms with Gasteiger partial charge in [-0.3, -0.25) is 4.79 Å².